The summed E-state index contributed by atoms with van der Waals surface area (Å²) < 4.78 is 93.1. The van der Waals surface area contributed by atoms with Crippen LogP contribution in [0.1, 0.15) is 16.1 Å². The third-order valence-electron chi connectivity index (χ3n) is 5.12. The summed E-state index contributed by atoms with van der Waals surface area (Å²) in [7, 11) is -7.95. The Morgan fingerprint density at radius 1 is 0.949 bits per heavy atom. The van der Waals surface area contributed by atoms with E-state index in [1.807, 2.05) is 0 Å². The monoisotopic (exact) mass is 578 g/mol. The van der Waals surface area contributed by atoms with Gasteiger partial charge in [-0.25, -0.2) is 16.8 Å². The lowest BCUT2D eigenvalue weighted by Crippen LogP contribution is -2.17. The van der Waals surface area contributed by atoms with Crippen LogP contribution < -0.4 is 14.8 Å². The Hall–Kier alpha value is -4.55. The number of nitriles is 1. The maximum absolute atomic E-state index is 13.2. The van der Waals surface area contributed by atoms with Crippen molar-refractivity contribution in [1.82, 2.24) is 4.98 Å². The van der Waals surface area contributed by atoms with Gasteiger partial charge in [-0.1, -0.05) is 12.1 Å². The van der Waals surface area contributed by atoms with Gasteiger partial charge in [0.05, 0.1) is 33.4 Å². The number of anilines is 2. The van der Waals surface area contributed by atoms with E-state index in [1.54, 1.807) is 12.1 Å². The van der Waals surface area contributed by atoms with Crippen molar-refractivity contribution in [2.45, 2.75) is 16.2 Å². The molecule has 0 aliphatic rings. The van der Waals surface area contributed by atoms with Crippen LogP contribution in [-0.2, 0) is 19.9 Å². The molecule has 4 rings (SSSR count). The third kappa shape index (κ3) is 6.67. The van der Waals surface area contributed by atoms with E-state index in [0.717, 1.165) is 36.6 Å². The highest BCUT2D eigenvalue weighted by Crippen LogP contribution is 2.30. The Labute approximate surface area is 220 Å². The van der Waals surface area contributed by atoms with Crippen LogP contribution in [0.3, 0.4) is 0 Å². The molecule has 3 N–H and O–H groups in total. The lowest BCUT2D eigenvalue weighted by atomic mass is 10.2. The molecule has 0 saturated heterocycles. The van der Waals surface area contributed by atoms with Crippen molar-refractivity contribution < 1.29 is 39.5 Å². The van der Waals surface area contributed by atoms with Gasteiger partial charge in [-0.05, 0) is 54.6 Å². The molecule has 1 aromatic heterocycles. The molecule has 0 bridgehead atoms. The SMILES string of the molecule is CS(=O)(=O)Nc1ccc2cc(C(=O)Nc3cc(C#N)cc(S(=O)(=O)c4cccc(OC(F)(F)F)c4)c3)[nH]c2c1. The fourth-order valence-electron chi connectivity index (χ4n) is 3.59. The molecule has 0 fully saturated rings. The van der Waals surface area contributed by atoms with Crippen LogP contribution >= 0.6 is 0 Å². The Kier molecular flexibility index (Phi) is 7.02. The molecule has 1 heterocycles. The molecule has 1 amide bonds. The number of fused-ring (bicyclic) bond motifs is 1. The second-order valence-electron chi connectivity index (χ2n) is 8.20. The number of sulfone groups is 1. The van der Waals surface area contributed by atoms with Gasteiger partial charge in [-0.15, -0.1) is 13.2 Å². The maximum Gasteiger partial charge on any atom is 0.573 e. The van der Waals surface area contributed by atoms with E-state index in [2.05, 4.69) is 19.8 Å². The van der Waals surface area contributed by atoms with Crippen LogP contribution in [0.15, 0.2) is 76.5 Å². The molecule has 0 atom stereocenters. The van der Waals surface area contributed by atoms with E-state index in [1.165, 1.54) is 24.3 Å². The fourth-order valence-corrected chi connectivity index (χ4v) is 5.51. The first kappa shape index (κ1) is 27.5. The first-order valence-electron chi connectivity index (χ1n) is 10.7. The minimum atomic E-state index is -5.03. The summed E-state index contributed by atoms with van der Waals surface area (Å²) in [4.78, 5) is 14.8. The number of benzene rings is 3. The van der Waals surface area contributed by atoms with Gasteiger partial charge in [0, 0.05) is 16.6 Å². The number of nitrogens with zero attached hydrogens (tertiary/aromatic N) is 1. The van der Waals surface area contributed by atoms with Gasteiger partial charge in [0.15, 0.2) is 0 Å². The highest BCUT2D eigenvalue weighted by molar-refractivity contribution is 7.92. The molecule has 0 spiro atoms. The summed E-state index contributed by atoms with van der Waals surface area (Å²) in [5.41, 5.74) is 0.537. The molecule has 0 saturated carbocycles. The number of H-pyrrole nitrogens is 1. The van der Waals surface area contributed by atoms with E-state index in [0.29, 0.717) is 17.0 Å². The Morgan fingerprint density at radius 2 is 1.69 bits per heavy atom. The van der Waals surface area contributed by atoms with Gasteiger partial charge < -0.3 is 15.0 Å². The number of ether oxygens (including phenoxy) is 1. The number of hydrogen-bond donors (Lipinski definition) is 3. The number of amides is 1. The molecule has 202 valence electrons. The number of sulfonamides is 1. The van der Waals surface area contributed by atoms with Crippen LogP contribution in [0.2, 0.25) is 0 Å². The smallest absolute Gasteiger partial charge is 0.406 e. The molecule has 4 aromatic rings. The summed E-state index contributed by atoms with van der Waals surface area (Å²) in [6, 6.07) is 14.9. The third-order valence-corrected chi connectivity index (χ3v) is 7.46. The van der Waals surface area contributed by atoms with E-state index >= 15 is 0 Å². The first-order valence-corrected chi connectivity index (χ1v) is 14.1. The molecule has 10 nitrogen and oxygen atoms in total. The zero-order chi connectivity index (χ0) is 28.6. The Morgan fingerprint density at radius 3 is 2.36 bits per heavy atom. The van der Waals surface area contributed by atoms with E-state index in [4.69, 9.17) is 0 Å². The van der Waals surface area contributed by atoms with Gasteiger partial charge in [0.25, 0.3) is 5.91 Å². The maximum atomic E-state index is 13.2. The Balaban J connectivity index is 1.64. The van der Waals surface area contributed by atoms with Crippen molar-refractivity contribution in [1.29, 1.82) is 5.26 Å². The minimum Gasteiger partial charge on any atom is -0.406 e. The summed E-state index contributed by atoms with van der Waals surface area (Å²) in [5.74, 6) is -1.45. The molecular formula is C24H17F3N4O6S2. The predicted octanol–water partition coefficient (Wildman–Crippen LogP) is 4.39. The van der Waals surface area contributed by atoms with E-state index < -0.39 is 47.7 Å². The van der Waals surface area contributed by atoms with Crippen molar-refractivity contribution in [3.05, 3.63) is 78.0 Å². The Bertz CT molecular complexity index is 1860. The lowest BCUT2D eigenvalue weighted by Gasteiger charge is -2.12. The molecular weight excluding hydrogens is 561 g/mol. The lowest BCUT2D eigenvalue weighted by molar-refractivity contribution is -0.274. The molecule has 39 heavy (non-hydrogen) atoms. The molecule has 0 aliphatic carbocycles. The number of aromatic nitrogens is 1. The standard InChI is InChI=1S/C24H17F3N4O6S2/c1-38(33,34)31-16-6-5-15-9-22(30-21(15)11-16)23(32)29-17-7-14(13-28)8-20(10-17)39(35,36)19-4-2-3-18(12-19)37-24(25,26)27/h2-12,30-31H,1H3,(H,29,32). The average Bonchev–Trinajstić information content (AvgIpc) is 3.25. The summed E-state index contributed by atoms with van der Waals surface area (Å²) in [6.45, 7) is 0. The number of rotatable bonds is 7. The van der Waals surface area contributed by atoms with E-state index in [-0.39, 0.29) is 22.6 Å². The second kappa shape index (κ2) is 9.97. The zero-order valence-electron chi connectivity index (χ0n) is 19.7. The van der Waals surface area contributed by atoms with Gasteiger partial charge in [0.2, 0.25) is 19.9 Å². The predicted molar refractivity (Wildman–Crippen MR) is 134 cm³/mol. The quantitative estimate of drug-likeness (QED) is 0.293. The number of nitrogens with one attached hydrogen (secondary N) is 3. The fraction of sp³-hybridized carbons (Fsp3) is 0.0833. The van der Waals surface area contributed by atoms with Crippen molar-refractivity contribution >= 4 is 48.0 Å². The van der Waals surface area contributed by atoms with Crippen molar-refractivity contribution in [3.63, 3.8) is 0 Å². The van der Waals surface area contributed by atoms with Crippen molar-refractivity contribution in [2.24, 2.45) is 0 Å². The molecule has 0 radical (unpaired) electrons. The molecule has 0 aliphatic heterocycles. The number of carbonyl (C=O) groups excluding carboxylic acids is 1. The molecule has 0 unspecified atom stereocenters. The van der Waals surface area contributed by atoms with Gasteiger partial charge >= 0.3 is 6.36 Å². The highest BCUT2D eigenvalue weighted by Gasteiger charge is 2.31. The normalized spacial score (nSPS) is 12.1. The summed E-state index contributed by atoms with van der Waals surface area (Å²) in [5, 5.41) is 12.5. The van der Waals surface area contributed by atoms with Crippen LogP contribution in [0, 0.1) is 11.3 Å². The first-order chi connectivity index (χ1) is 18.1. The average molecular weight is 579 g/mol. The zero-order valence-corrected chi connectivity index (χ0v) is 21.3. The number of halogens is 3. The molecule has 15 heteroatoms. The minimum absolute atomic E-state index is 0.0466. The van der Waals surface area contributed by atoms with E-state index in [9.17, 15) is 40.1 Å². The van der Waals surface area contributed by atoms with Gasteiger partial charge in [-0.3, -0.25) is 9.52 Å². The largest absolute Gasteiger partial charge is 0.573 e. The van der Waals surface area contributed by atoms with Crippen LogP contribution in [0.5, 0.6) is 5.75 Å². The number of alkyl halides is 3. The topological polar surface area (TPSA) is 158 Å². The summed E-state index contributed by atoms with van der Waals surface area (Å²) in [6.07, 6.45) is -4.05. The van der Waals surface area contributed by atoms with Crippen LogP contribution in [-0.4, -0.2) is 40.3 Å². The van der Waals surface area contributed by atoms with Gasteiger partial charge in [0.1, 0.15) is 11.4 Å². The van der Waals surface area contributed by atoms with Crippen LogP contribution in [0.4, 0.5) is 24.5 Å². The van der Waals surface area contributed by atoms with Crippen molar-refractivity contribution in [3.8, 4) is 11.8 Å². The number of carbonyl (C=O) groups is 1. The van der Waals surface area contributed by atoms with Gasteiger partial charge in [-0.2, -0.15) is 5.26 Å². The number of aromatic amines is 1. The highest BCUT2D eigenvalue weighted by atomic mass is 32.2. The molecule has 3 aromatic carbocycles. The second-order valence-corrected chi connectivity index (χ2v) is 11.9. The number of hydrogen-bond acceptors (Lipinski definition) is 7. The van der Waals surface area contributed by atoms with Crippen LogP contribution in [0.25, 0.3) is 10.9 Å². The van der Waals surface area contributed by atoms with Crippen molar-refractivity contribution in [2.75, 3.05) is 16.3 Å². The summed E-state index contributed by atoms with van der Waals surface area (Å²) >= 11 is 0.